The number of imide groups is 2. The van der Waals surface area contributed by atoms with Gasteiger partial charge in [0.1, 0.15) is 24.3 Å². The maximum Gasteiger partial charge on any atom is 0.352 e. The summed E-state index contributed by atoms with van der Waals surface area (Å²) in [7, 11) is 0. The maximum absolute atomic E-state index is 13.9. The van der Waals surface area contributed by atoms with E-state index in [2.05, 4.69) is 201 Å². The number of hydrogen-bond acceptors (Lipinski definition) is 16. The molecule has 4 bridgehead atoms. The van der Waals surface area contributed by atoms with Crippen molar-refractivity contribution < 1.29 is 76.4 Å². The molecule has 4 saturated heterocycles. The van der Waals surface area contributed by atoms with Crippen molar-refractivity contribution in [1.82, 2.24) is 9.80 Å². The highest BCUT2D eigenvalue weighted by atomic mass is 16.7. The van der Waals surface area contributed by atoms with E-state index in [1.165, 1.54) is 61.1 Å². The highest BCUT2D eigenvalue weighted by Gasteiger charge is 2.72. The molecule has 10 atom stereocenters. The van der Waals surface area contributed by atoms with E-state index >= 15 is 0 Å². The first-order valence-electron chi connectivity index (χ1n) is 24.4. The quantitative estimate of drug-likeness (QED) is 0.0758. The molecule has 8 heterocycles. The van der Waals surface area contributed by atoms with Crippen molar-refractivity contribution in [3.8, 4) is 0 Å². The molecule has 10 unspecified atom stereocenters. The standard InChI is InChI=1S/C68H26N2O16/c1-2-3-4-5-6-7-8-9-10-11-12-13-14-15-16-17-18-19-20-21-22-23-24-25-26-27-28-29-30-31-32-33-34-39-54(83-52(71)46-69-63(77)55-48-40-42-67(85-48,57(55)65(69)79)61(75)59(73)50-37-35-44-81-50)84-53(72)47-70-64(78)56-49-41-43-68(86-49,58(56)66(70)80)62(76)60(74)51-38-36-45-82-51/h35-38,40-45,48-49,55-58,61-62,75-76H,1,46-47H2. The van der Waals surface area contributed by atoms with Crippen LogP contribution in [0.1, 0.15) is 21.1 Å². The van der Waals surface area contributed by atoms with Gasteiger partial charge in [-0.25, -0.2) is 9.59 Å². The van der Waals surface area contributed by atoms with Crippen LogP contribution < -0.4 is 0 Å². The molecule has 18 heteroatoms. The molecule has 404 valence electrons. The largest absolute Gasteiger partial charge is 0.461 e. The van der Waals surface area contributed by atoms with Gasteiger partial charge in [0.2, 0.25) is 35.2 Å². The molecule has 8 rings (SSSR count). The topological polar surface area (TPSA) is 247 Å². The fourth-order valence-corrected chi connectivity index (χ4v) is 9.12. The Bertz CT molecular complexity index is 4780. The molecule has 0 spiro atoms. The van der Waals surface area contributed by atoms with E-state index in [1.807, 2.05) is 0 Å². The zero-order valence-corrected chi connectivity index (χ0v) is 43.5. The number of aliphatic hydroxyl groups is 2. The summed E-state index contributed by atoms with van der Waals surface area (Å²) < 4.78 is 32.4. The number of furan rings is 2. The third-order valence-electron chi connectivity index (χ3n) is 12.4. The highest BCUT2D eigenvalue weighted by molar-refractivity contribution is 6.11. The Kier molecular flexibility index (Phi) is 19.0. The molecule has 0 radical (unpaired) electrons. The van der Waals surface area contributed by atoms with Crippen LogP contribution in [-0.4, -0.2) is 116 Å². The molecule has 0 aromatic carbocycles. The molecule has 2 N–H and O–H groups in total. The Morgan fingerprint density at radius 3 is 1.07 bits per heavy atom. The van der Waals surface area contributed by atoms with Gasteiger partial charge in [0.05, 0.1) is 48.4 Å². The second-order valence-corrected chi connectivity index (χ2v) is 17.1. The number of hydrogen-bond donors (Lipinski definition) is 2. The molecular formula is C68H26N2O16. The van der Waals surface area contributed by atoms with Gasteiger partial charge < -0.3 is 38.0 Å². The van der Waals surface area contributed by atoms with Gasteiger partial charge >= 0.3 is 17.9 Å². The number of carbonyl (C=O) groups excluding carboxylic acids is 8. The number of likely N-dealkylation sites (tertiary alicyclic amines) is 2. The van der Waals surface area contributed by atoms with Crippen LogP contribution in [0.25, 0.3) is 0 Å². The molecule has 2 aromatic heterocycles. The second-order valence-electron chi connectivity index (χ2n) is 17.1. The van der Waals surface area contributed by atoms with E-state index in [-0.39, 0.29) is 11.5 Å². The van der Waals surface area contributed by atoms with Crippen molar-refractivity contribution in [2.45, 2.75) is 35.6 Å². The first kappa shape index (κ1) is 58.8. The Hall–Kier alpha value is -13.3. The van der Waals surface area contributed by atoms with E-state index in [0.29, 0.717) is 9.80 Å². The normalized spacial score (nSPS) is 21.6. The smallest absolute Gasteiger partial charge is 0.352 e. The number of ketones is 2. The summed E-state index contributed by atoms with van der Waals surface area (Å²) in [5, 5.41) is 22.4. The summed E-state index contributed by atoms with van der Waals surface area (Å²) >= 11 is 0. The van der Waals surface area contributed by atoms with Crippen molar-refractivity contribution >= 4 is 47.1 Å². The number of ether oxygens (including phenoxy) is 4. The predicted molar refractivity (Wildman–Crippen MR) is 280 cm³/mol. The van der Waals surface area contributed by atoms with Crippen molar-refractivity contribution in [3.63, 3.8) is 0 Å². The lowest BCUT2D eigenvalue weighted by Gasteiger charge is -2.32. The number of carbonyl (C=O) groups is 8. The van der Waals surface area contributed by atoms with Gasteiger partial charge in [-0.15, -0.1) is 0 Å². The van der Waals surface area contributed by atoms with Gasteiger partial charge in [0.25, 0.3) is 0 Å². The second kappa shape index (κ2) is 27.7. The summed E-state index contributed by atoms with van der Waals surface area (Å²) in [5.74, 6) is -15.5. The van der Waals surface area contributed by atoms with E-state index in [0.717, 1.165) is 0 Å². The van der Waals surface area contributed by atoms with Gasteiger partial charge in [-0.3, -0.25) is 38.6 Å². The first-order chi connectivity index (χ1) is 41.8. The van der Waals surface area contributed by atoms with Gasteiger partial charge in [-0.1, -0.05) is 30.0 Å². The fourth-order valence-electron chi connectivity index (χ4n) is 9.12. The first-order valence-corrected chi connectivity index (χ1v) is 24.4. The molecule has 6 aliphatic heterocycles. The Morgan fingerprint density at radius 2 is 0.779 bits per heavy atom. The lowest BCUT2D eigenvalue weighted by Crippen LogP contribution is -2.52. The zero-order chi connectivity index (χ0) is 60.9. The Labute approximate surface area is 483 Å². The molecule has 4 fully saturated rings. The number of amides is 4. The zero-order valence-electron chi connectivity index (χ0n) is 43.5. The predicted octanol–water partition coefficient (Wildman–Crippen LogP) is 4.11. The monoisotopic (exact) mass is 1130 g/mol. The summed E-state index contributed by atoms with van der Waals surface area (Å²) in [6, 6.07) is 5.38. The molecule has 2 aromatic rings. The van der Waals surface area contributed by atoms with Crippen LogP contribution in [0, 0.1) is 23.7 Å². The third-order valence-corrected chi connectivity index (χ3v) is 12.4. The number of aliphatic hydroxyl groups excluding tert-OH is 2. The van der Waals surface area contributed by atoms with Gasteiger partial charge in [0.15, 0.2) is 23.7 Å². The van der Waals surface area contributed by atoms with E-state index in [9.17, 15) is 48.6 Å². The third kappa shape index (κ3) is 13.1. The molecule has 18 nitrogen and oxygen atoms in total. The Balaban J connectivity index is 1.01. The van der Waals surface area contributed by atoms with Crippen molar-refractivity contribution in [2.24, 2.45) is 23.7 Å². The Morgan fingerprint density at radius 1 is 0.477 bits per heavy atom. The van der Waals surface area contributed by atoms with Crippen molar-refractivity contribution in [2.75, 3.05) is 13.1 Å². The molecule has 86 heavy (non-hydrogen) atoms. The van der Waals surface area contributed by atoms with Crippen LogP contribution in [0.4, 0.5) is 0 Å². The summed E-state index contributed by atoms with van der Waals surface area (Å²) in [5.41, 5.74) is 78.5. The van der Waals surface area contributed by atoms with Gasteiger partial charge in [0, 0.05) is 97.4 Å². The lowest BCUT2D eigenvalue weighted by atomic mass is 9.73. The van der Waals surface area contributed by atoms with Crippen LogP contribution in [0.3, 0.4) is 0 Å². The minimum atomic E-state index is -2.01. The number of fused-ring (bicyclic) bond motifs is 10. The summed E-state index contributed by atoms with van der Waals surface area (Å²) in [6.45, 7) is 1.11. The average molecular weight is 1130 g/mol. The number of rotatable bonds is 12. The molecule has 0 aliphatic carbocycles. The highest BCUT2D eigenvalue weighted by Crippen LogP contribution is 2.55. The molecule has 4 amide bonds. The van der Waals surface area contributed by atoms with Crippen LogP contribution in [0.15, 0.2) is 277 Å². The van der Waals surface area contributed by atoms with E-state index in [1.54, 1.807) is 0 Å². The van der Waals surface area contributed by atoms with Crippen molar-refractivity contribution in [3.05, 3.63) is 280 Å². The van der Waals surface area contributed by atoms with Gasteiger partial charge in [-0.05, 0) is 123 Å². The number of nitrogens with zero attached hydrogens (tertiary/aromatic N) is 2. The number of Topliss-reactive ketones (excluding diaryl/α,β-unsaturated/α-hetero) is 2. The maximum atomic E-state index is 13.9. The SMILES string of the molecule is C=C=C=C=C=C=C=C=C=C=C=C=C=C=C=C=C=C=C=C=C=C=C=C=C=C=C=C=C=C=C=C=C=C=C=C(OC(=O)CN1C(=O)C2C3C=CC(C(O)C(=O)c4ccco4)(O3)C2C1=O)OC(=O)CN1C(=O)C2C3C=CC(C(O)C(=O)c4ccco4)(O3)C2C1=O. The van der Waals surface area contributed by atoms with E-state index in [4.69, 9.17) is 27.8 Å². The number of esters is 2. The van der Waals surface area contributed by atoms with E-state index < -0.39 is 125 Å². The molecule has 0 saturated carbocycles. The summed E-state index contributed by atoms with van der Waals surface area (Å²) in [6.07, 6.45) is 1.67. The average Bonchev–Trinajstić information content (AvgIpc) is 1.56. The minimum absolute atomic E-state index is 0.244. The van der Waals surface area contributed by atoms with Crippen LogP contribution in [0.5, 0.6) is 0 Å². The van der Waals surface area contributed by atoms with Crippen LogP contribution >= 0.6 is 0 Å². The fraction of sp³-hybridized carbons (Fsp3) is 0.176. The summed E-state index contributed by atoms with van der Waals surface area (Å²) in [4.78, 5) is 110. The lowest BCUT2D eigenvalue weighted by molar-refractivity contribution is -0.163. The minimum Gasteiger partial charge on any atom is -0.461 e. The van der Waals surface area contributed by atoms with Crippen LogP contribution in [0.2, 0.25) is 0 Å². The van der Waals surface area contributed by atoms with Crippen molar-refractivity contribution in [1.29, 1.82) is 0 Å². The van der Waals surface area contributed by atoms with Gasteiger partial charge in [-0.2, -0.15) is 0 Å². The van der Waals surface area contributed by atoms with Crippen LogP contribution in [-0.2, 0) is 47.7 Å². The molecular weight excluding hydrogens is 1100 g/mol. The molecule has 6 aliphatic rings.